The number of aryl methyl sites for hydroxylation is 1. The summed E-state index contributed by atoms with van der Waals surface area (Å²) in [5.74, 6) is -0.635. The van der Waals surface area contributed by atoms with Crippen LogP contribution < -0.4 is 4.74 Å². The van der Waals surface area contributed by atoms with E-state index in [2.05, 4.69) is 4.74 Å². The molecule has 0 N–H and O–H groups in total. The molecular formula is C12H15FO3. The van der Waals surface area contributed by atoms with Crippen LogP contribution in [0.25, 0.3) is 0 Å². The van der Waals surface area contributed by atoms with Crippen molar-refractivity contribution in [2.45, 2.75) is 27.1 Å². The smallest absolute Gasteiger partial charge is 0.381 e. The lowest BCUT2D eigenvalue weighted by atomic mass is 10.1. The Hall–Kier alpha value is -1.58. The van der Waals surface area contributed by atoms with Gasteiger partial charge in [0.25, 0.3) is 0 Å². The number of benzene rings is 1. The van der Waals surface area contributed by atoms with Crippen molar-refractivity contribution < 1.29 is 18.7 Å². The summed E-state index contributed by atoms with van der Waals surface area (Å²) < 4.78 is 22.7. The van der Waals surface area contributed by atoms with Crippen molar-refractivity contribution in [2.75, 3.05) is 6.61 Å². The van der Waals surface area contributed by atoms with Gasteiger partial charge < -0.3 is 9.47 Å². The van der Waals surface area contributed by atoms with Gasteiger partial charge in [-0.2, -0.15) is 4.39 Å². The van der Waals surface area contributed by atoms with Gasteiger partial charge in [-0.3, -0.25) is 0 Å². The van der Waals surface area contributed by atoms with E-state index in [0.29, 0.717) is 5.75 Å². The number of carbonyl (C=O) groups excluding carboxylic acids is 1. The molecule has 4 heteroatoms. The summed E-state index contributed by atoms with van der Waals surface area (Å²) >= 11 is 0. The maximum absolute atomic E-state index is 13.3. The Morgan fingerprint density at radius 3 is 2.75 bits per heavy atom. The molecule has 0 bridgehead atoms. The third-order valence-corrected chi connectivity index (χ3v) is 2.26. The second-order valence-electron chi connectivity index (χ2n) is 3.38. The molecule has 0 fully saturated rings. The first-order valence-electron chi connectivity index (χ1n) is 5.09. The van der Waals surface area contributed by atoms with E-state index in [-0.39, 0.29) is 6.61 Å². The van der Waals surface area contributed by atoms with E-state index < -0.39 is 12.3 Å². The second-order valence-corrected chi connectivity index (χ2v) is 3.38. The van der Waals surface area contributed by atoms with Gasteiger partial charge in [-0.25, -0.2) is 4.79 Å². The average molecular weight is 226 g/mol. The minimum atomic E-state index is -2.07. The van der Waals surface area contributed by atoms with Crippen LogP contribution in [0, 0.1) is 13.8 Å². The summed E-state index contributed by atoms with van der Waals surface area (Å²) in [5, 5.41) is 0. The highest BCUT2D eigenvalue weighted by Crippen LogP contribution is 2.22. The Balaban J connectivity index is 2.73. The Labute approximate surface area is 94.2 Å². The van der Waals surface area contributed by atoms with Crippen LogP contribution in [0.3, 0.4) is 0 Å². The topological polar surface area (TPSA) is 35.5 Å². The number of alkyl halides is 1. The summed E-state index contributed by atoms with van der Waals surface area (Å²) in [4.78, 5) is 11.0. The van der Waals surface area contributed by atoms with Crippen LogP contribution in [-0.2, 0) is 9.53 Å². The third kappa shape index (κ3) is 2.95. The van der Waals surface area contributed by atoms with Crippen LogP contribution >= 0.6 is 0 Å². The Morgan fingerprint density at radius 1 is 1.44 bits per heavy atom. The van der Waals surface area contributed by atoms with Crippen molar-refractivity contribution in [1.29, 1.82) is 0 Å². The third-order valence-electron chi connectivity index (χ3n) is 2.26. The van der Waals surface area contributed by atoms with Crippen molar-refractivity contribution >= 4 is 5.97 Å². The Morgan fingerprint density at radius 2 is 2.12 bits per heavy atom. The second kappa shape index (κ2) is 5.49. The number of ether oxygens (including phenoxy) is 2. The predicted molar refractivity (Wildman–Crippen MR) is 58.1 cm³/mol. The molecule has 3 nitrogen and oxygen atoms in total. The fourth-order valence-electron chi connectivity index (χ4n) is 1.22. The minimum absolute atomic E-state index is 0.134. The molecule has 1 rings (SSSR count). The van der Waals surface area contributed by atoms with Crippen molar-refractivity contribution in [3.8, 4) is 5.75 Å². The number of carbonyl (C=O) groups is 1. The van der Waals surface area contributed by atoms with Gasteiger partial charge >= 0.3 is 12.3 Å². The zero-order valence-corrected chi connectivity index (χ0v) is 9.62. The fourth-order valence-corrected chi connectivity index (χ4v) is 1.22. The van der Waals surface area contributed by atoms with Crippen LogP contribution in [0.5, 0.6) is 5.75 Å². The molecule has 0 aliphatic heterocycles. The maximum atomic E-state index is 13.3. The lowest BCUT2D eigenvalue weighted by molar-refractivity contribution is -0.159. The maximum Gasteiger partial charge on any atom is 0.381 e. The minimum Gasteiger partial charge on any atom is -0.461 e. The molecule has 0 saturated heterocycles. The number of esters is 1. The molecule has 0 saturated carbocycles. The average Bonchev–Trinajstić information content (AvgIpc) is 2.25. The highest BCUT2D eigenvalue weighted by Gasteiger charge is 2.21. The molecule has 0 heterocycles. The molecule has 0 radical (unpaired) electrons. The molecule has 1 aromatic rings. The van der Waals surface area contributed by atoms with Crippen molar-refractivity contribution in [3.05, 3.63) is 29.3 Å². The van der Waals surface area contributed by atoms with Crippen LogP contribution in [0.15, 0.2) is 18.2 Å². The highest BCUT2D eigenvalue weighted by atomic mass is 19.1. The van der Waals surface area contributed by atoms with E-state index in [1.807, 2.05) is 19.9 Å². The highest BCUT2D eigenvalue weighted by molar-refractivity contribution is 5.73. The fraction of sp³-hybridized carbons (Fsp3) is 0.417. The summed E-state index contributed by atoms with van der Waals surface area (Å²) in [7, 11) is 0. The Kier molecular flexibility index (Phi) is 4.28. The quantitative estimate of drug-likeness (QED) is 0.740. The van der Waals surface area contributed by atoms with Gasteiger partial charge in [-0.15, -0.1) is 0 Å². The summed E-state index contributed by atoms with van der Waals surface area (Å²) in [6.07, 6.45) is -2.07. The van der Waals surface area contributed by atoms with Crippen molar-refractivity contribution in [1.82, 2.24) is 0 Å². The number of hydrogen-bond acceptors (Lipinski definition) is 3. The molecule has 1 unspecified atom stereocenters. The van der Waals surface area contributed by atoms with Crippen LogP contribution in [0.2, 0.25) is 0 Å². The largest absolute Gasteiger partial charge is 0.461 e. The lowest BCUT2D eigenvalue weighted by Crippen LogP contribution is -2.25. The van der Waals surface area contributed by atoms with Gasteiger partial charge in [0.15, 0.2) is 0 Å². The van der Waals surface area contributed by atoms with Crippen molar-refractivity contribution in [2.24, 2.45) is 0 Å². The van der Waals surface area contributed by atoms with Crippen LogP contribution in [-0.4, -0.2) is 18.9 Å². The molecule has 0 aromatic heterocycles. The molecule has 0 aliphatic carbocycles. The SMILES string of the molecule is CCOC(=O)C(F)Oc1cccc(C)c1C. The van der Waals surface area contributed by atoms with Crippen LogP contribution in [0.1, 0.15) is 18.1 Å². The molecule has 1 aromatic carbocycles. The zero-order chi connectivity index (χ0) is 12.1. The summed E-state index contributed by atoms with van der Waals surface area (Å²) in [6.45, 7) is 5.44. The molecule has 0 amide bonds. The van der Waals surface area contributed by atoms with Gasteiger partial charge in [0.2, 0.25) is 0 Å². The summed E-state index contributed by atoms with van der Waals surface area (Å²) in [6, 6.07) is 5.25. The number of rotatable bonds is 4. The monoisotopic (exact) mass is 226 g/mol. The standard InChI is InChI=1S/C12H15FO3/c1-4-15-12(14)11(13)16-10-7-5-6-8(2)9(10)3/h5-7,11H,4H2,1-3H3. The van der Waals surface area contributed by atoms with Gasteiger partial charge in [-0.05, 0) is 38.0 Å². The van der Waals surface area contributed by atoms with E-state index in [9.17, 15) is 9.18 Å². The predicted octanol–water partition coefficient (Wildman–Crippen LogP) is 2.54. The van der Waals surface area contributed by atoms with Gasteiger partial charge in [0.1, 0.15) is 5.75 Å². The van der Waals surface area contributed by atoms with E-state index in [1.165, 1.54) is 0 Å². The zero-order valence-electron chi connectivity index (χ0n) is 9.62. The molecule has 0 aliphatic rings. The molecule has 88 valence electrons. The molecule has 1 atom stereocenters. The first-order chi connectivity index (χ1) is 7.56. The normalized spacial score (nSPS) is 12.0. The van der Waals surface area contributed by atoms with E-state index in [1.54, 1.807) is 19.1 Å². The molecule has 16 heavy (non-hydrogen) atoms. The van der Waals surface area contributed by atoms with Gasteiger partial charge in [-0.1, -0.05) is 12.1 Å². The number of halogens is 1. The molecular weight excluding hydrogens is 211 g/mol. The van der Waals surface area contributed by atoms with Gasteiger partial charge in [0, 0.05) is 0 Å². The molecule has 0 spiro atoms. The van der Waals surface area contributed by atoms with Gasteiger partial charge in [0.05, 0.1) is 6.61 Å². The lowest BCUT2D eigenvalue weighted by Gasteiger charge is -2.13. The number of hydrogen-bond donors (Lipinski definition) is 0. The summed E-state index contributed by atoms with van der Waals surface area (Å²) in [5.41, 5.74) is 1.79. The van der Waals surface area contributed by atoms with Crippen molar-refractivity contribution in [3.63, 3.8) is 0 Å². The van der Waals surface area contributed by atoms with E-state index in [4.69, 9.17) is 4.74 Å². The first kappa shape index (κ1) is 12.5. The van der Waals surface area contributed by atoms with Crippen LogP contribution in [0.4, 0.5) is 4.39 Å². The van der Waals surface area contributed by atoms with E-state index in [0.717, 1.165) is 11.1 Å². The first-order valence-corrected chi connectivity index (χ1v) is 5.09. The Bertz CT molecular complexity index is 377. The van der Waals surface area contributed by atoms with E-state index >= 15 is 0 Å².